The second-order valence-electron chi connectivity index (χ2n) is 3.44. The highest BCUT2D eigenvalue weighted by atomic mass is 16.5. The summed E-state index contributed by atoms with van der Waals surface area (Å²) in [5.41, 5.74) is 2.19. The molecule has 0 radical (unpaired) electrons. The van der Waals surface area contributed by atoms with Gasteiger partial charge in [-0.2, -0.15) is 0 Å². The minimum absolute atomic E-state index is 0.501. The van der Waals surface area contributed by atoms with E-state index in [1.54, 1.807) is 19.3 Å². The monoisotopic (exact) mass is 216 g/mol. The van der Waals surface area contributed by atoms with Gasteiger partial charge in [-0.25, -0.2) is 0 Å². The molecule has 0 N–H and O–H groups in total. The number of hydrogen-bond donors (Lipinski definition) is 0. The van der Waals surface area contributed by atoms with Crippen molar-refractivity contribution in [1.29, 1.82) is 0 Å². The Morgan fingerprint density at radius 1 is 1.56 bits per heavy atom. The molecule has 0 aromatic carbocycles. The van der Waals surface area contributed by atoms with E-state index >= 15 is 0 Å². The number of aliphatic imine (C=N–C) groups is 1. The first-order chi connectivity index (χ1) is 7.65. The van der Waals surface area contributed by atoms with Gasteiger partial charge in [0.25, 0.3) is 0 Å². The van der Waals surface area contributed by atoms with Gasteiger partial charge in [-0.1, -0.05) is 19.2 Å². The summed E-state index contributed by atoms with van der Waals surface area (Å²) in [4.78, 5) is 8.18. The molecular formula is C13H16N2O. The summed E-state index contributed by atoms with van der Waals surface area (Å²) >= 11 is 0. The van der Waals surface area contributed by atoms with Crippen LogP contribution in [0.15, 0.2) is 48.4 Å². The molecule has 0 amide bonds. The number of ether oxygens (including phenoxy) is 1. The molecule has 0 unspecified atom stereocenters. The van der Waals surface area contributed by atoms with Crippen molar-refractivity contribution in [3.8, 4) is 0 Å². The van der Waals surface area contributed by atoms with E-state index < -0.39 is 0 Å². The van der Waals surface area contributed by atoms with Crippen molar-refractivity contribution in [1.82, 2.24) is 4.98 Å². The van der Waals surface area contributed by atoms with Crippen LogP contribution in [0.1, 0.15) is 11.1 Å². The zero-order valence-electron chi connectivity index (χ0n) is 9.73. The molecule has 16 heavy (non-hydrogen) atoms. The van der Waals surface area contributed by atoms with Crippen molar-refractivity contribution >= 4 is 5.90 Å². The maximum absolute atomic E-state index is 5.40. The lowest BCUT2D eigenvalue weighted by molar-refractivity contribution is 0.426. The molecule has 1 aromatic rings. The molecule has 0 atom stereocenters. The lowest BCUT2D eigenvalue weighted by atomic mass is 10.1. The van der Waals surface area contributed by atoms with E-state index in [2.05, 4.69) is 29.2 Å². The van der Waals surface area contributed by atoms with Gasteiger partial charge in [0.1, 0.15) is 5.76 Å². The minimum atomic E-state index is 0.501. The maximum Gasteiger partial charge on any atom is 0.194 e. The smallest absolute Gasteiger partial charge is 0.194 e. The van der Waals surface area contributed by atoms with Crippen molar-refractivity contribution in [2.24, 2.45) is 4.99 Å². The lowest BCUT2D eigenvalue weighted by Gasteiger charge is -2.08. The van der Waals surface area contributed by atoms with Gasteiger partial charge in [-0.15, -0.1) is 0 Å². The van der Waals surface area contributed by atoms with Gasteiger partial charge in [0.2, 0.25) is 0 Å². The Labute approximate surface area is 96.2 Å². The average Bonchev–Trinajstić information content (AvgIpc) is 2.28. The Bertz CT molecular complexity index is 422. The fourth-order valence-corrected chi connectivity index (χ4v) is 1.24. The predicted octanol–water partition coefficient (Wildman–Crippen LogP) is 2.68. The SMILES string of the molecule is C=CC(=C)OC(Cc1cncc(C)c1)=NC. The molecule has 0 aliphatic heterocycles. The first-order valence-electron chi connectivity index (χ1n) is 5.01. The molecule has 0 aliphatic carbocycles. The van der Waals surface area contributed by atoms with Crippen LogP contribution in [0.25, 0.3) is 0 Å². The van der Waals surface area contributed by atoms with Crippen molar-refractivity contribution in [3.63, 3.8) is 0 Å². The topological polar surface area (TPSA) is 34.5 Å². The Morgan fingerprint density at radius 3 is 2.88 bits per heavy atom. The van der Waals surface area contributed by atoms with Crippen LogP contribution in [-0.4, -0.2) is 17.9 Å². The van der Waals surface area contributed by atoms with Gasteiger partial charge in [-0.3, -0.25) is 9.98 Å². The standard InChI is InChI=1S/C13H16N2O/c1-5-11(3)16-13(14-4)7-12-6-10(2)8-15-9-12/h5-6,8-9H,1,3,7H2,2,4H3. The molecule has 1 rings (SSSR count). The van der Waals surface area contributed by atoms with Crippen LogP contribution in [0.5, 0.6) is 0 Å². The molecule has 1 aromatic heterocycles. The summed E-state index contributed by atoms with van der Waals surface area (Å²) in [5.74, 6) is 1.11. The number of aromatic nitrogens is 1. The van der Waals surface area contributed by atoms with Crippen molar-refractivity contribution in [3.05, 3.63) is 54.6 Å². The number of allylic oxidation sites excluding steroid dienone is 1. The predicted molar refractivity (Wildman–Crippen MR) is 66.5 cm³/mol. The molecule has 3 heteroatoms. The van der Waals surface area contributed by atoms with Gasteiger partial charge in [0.05, 0.1) is 6.42 Å². The third-order valence-electron chi connectivity index (χ3n) is 2.01. The Kier molecular flexibility index (Phi) is 4.45. The van der Waals surface area contributed by atoms with Crippen molar-refractivity contribution < 1.29 is 4.74 Å². The summed E-state index contributed by atoms with van der Waals surface area (Å²) in [7, 11) is 1.69. The Hall–Kier alpha value is -1.90. The number of rotatable bonds is 4. The lowest BCUT2D eigenvalue weighted by Crippen LogP contribution is -2.07. The highest BCUT2D eigenvalue weighted by Gasteiger charge is 2.03. The van der Waals surface area contributed by atoms with E-state index in [1.807, 2.05) is 13.1 Å². The van der Waals surface area contributed by atoms with E-state index in [1.165, 1.54) is 0 Å². The van der Waals surface area contributed by atoms with E-state index in [-0.39, 0.29) is 0 Å². The second kappa shape index (κ2) is 5.85. The summed E-state index contributed by atoms with van der Waals surface area (Å²) < 4.78 is 5.40. The molecule has 0 aliphatic rings. The fourth-order valence-electron chi connectivity index (χ4n) is 1.24. The summed E-state index contributed by atoms with van der Waals surface area (Å²) in [6.45, 7) is 9.26. The van der Waals surface area contributed by atoms with Gasteiger partial charge in [0, 0.05) is 19.4 Å². The largest absolute Gasteiger partial charge is 0.444 e. The van der Waals surface area contributed by atoms with Crippen LogP contribution >= 0.6 is 0 Å². The maximum atomic E-state index is 5.40. The van der Waals surface area contributed by atoms with E-state index in [0.717, 1.165) is 11.1 Å². The molecular weight excluding hydrogens is 200 g/mol. The van der Waals surface area contributed by atoms with Crippen LogP contribution in [0.2, 0.25) is 0 Å². The van der Waals surface area contributed by atoms with Gasteiger partial charge in [-0.05, 0) is 24.1 Å². The molecule has 3 nitrogen and oxygen atoms in total. The number of aryl methyl sites for hydroxylation is 1. The fraction of sp³-hybridized carbons (Fsp3) is 0.231. The van der Waals surface area contributed by atoms with Gasteiger partial charge >= 0.3 is 0 Å². The van der Waals surface area contributed by atoms with Crippen LogP contribution in [0.3, 0.4) is 0 Å². The van der Waals surface area contributed by atoms with Crippen molar-refractivity contribution in [2.75, 3.05) is 7.05 Å². The van der Waals surface area contributed by atoms with E-state index in [9.17, 15) is 0 Å². The molecule has 0 spiro atoms. The number of nitrogens with zero attached hydrogens (tertiary/aromatic N) is 2. The number of pyridine rings is 1. The van der Waals surface area contributed by atoms with Crippen LogP contribution in [-0.2, 0) is 11.2 Å². The average molecular weight is 216 g/mol. The number of hydrogen-bond acceptors (Lipinski definition) is 3. The molecule has 0 saturated carbocycles. The molecule has 0 saturated heterocycles. The van der Waals surface area contributed by atoms with Gasteiger partial charge < -0.3 is 4.74 Å². The Morgan fingerprint density at radius 2 is 2.31 bits per heavy atom. The quantitative estimate of drug-likeness (QED) is 0.335. The third kappa shape index (κ3) is 3.69. The van der Waals surface area contributed by atoms with E-state index in [0.29, 0.717) is 18.1 Å². The third-order valence-corrected chi connectivity index (χ3v) is 2.01. The van der Waals surface area contributed by atoms with E-state index in [4.69, 9.17) is 4.74 Å². The highest BCUT2D eigenvalue weighted by Crippen LogP contribution is 2.06. The van der Waals surface area contributed by atoms with Gasteiger partial charge in [0.15, 0.2) is 5.90 Å². The molecule has 1 heterocycles. The molecule has 84 valence electrons. The van der Waals surface area contributed by atoms with Crippen LogP contribution < -0.4 is 0 Å². The van der Waals surface area contributed by atoms with Crippen LogP contribution in [0, 0.1) is 6.92 Å². The molecule has 0 fully saturated rings. The summed E-state index contributed by atoms with van der Waals surface area (Å²) in [6.07, 6.45) is 5.78. The summed E-state index contributed by atoms with van der Waals surface area (Å²) in [6, 6.07) is 2.05. The molecule has 0 bridgehead atoms. The first kappa shape index (κ1) is 12.2. The van der Waals surface area contributed by atoms with Crippen LogP contribution in [0.4, 0.5) is 0 Å². The van der Waals surface area contributed by atoms with Crippen molar-refractivity contribution in [2.45, 2.75) is 13.3 Å². The first-order valence-corrected chi connectivity index (χ1v) is 5.01. The zero-order valence-corrected chi connectivity index (χ0v) is 9.73. The highest BCUT2D eigenvalue weighted by molar-refractivity contribution is 5.79. The second-order valence-corrected chi connectivity index (χ2v) is 3.44. The zero-order chi connectivity index (χ0) is 12.0. The Balaban J connectivity index is 2.71. The summed E-state index contributed by atoms with van der Waals surface area (Å²) in [5, 5.41) is 0. The minimum Gasteiger partial charge on any atom is -0.444 e. The normalized spacial score (nSPS) is 11.0.